The van der Waals surface area contributed by atoms with Crippen molar-refractivity contribution < 1.29 is 68.5 Å². The van der Waals surface area contributed by atoms with Gasteiger partial charge in [0.15, 0.2) is 0 Å². The van der Waals surface area contributed by atoms with Crippen molar-refractivity contribution in [2.75, 3.05) is 0 Å². The molecule has 0 aromatic heterocycles. The number of hydrogen-bond acceptors (Lipinski definition) is 5. The van der Waals surface area contributed by atoms with Crippen LogP contribution in [0.25, 0.3) is 0 Å². The molecule has 0 aliphatic heterocycles. The van der Waals surface area contributed by atoms with Crippen molar-refractivity contribution in [2.24, 2.45) is 0 Å². The molecule has 2 N–H and O–H groups in total. The van der Waals surface area contributed by atoms with Gasteiger partial charge in [-0.1, -0.05) is 0 Å². The molecule has 0 aliphatic rings. The molecule has 0 unspecified atom stereocenters. The van der Waals surface area contributed by atoms with Crippen LogP contribution in [0.15, 0.2) is 0 Å². The van der Waals surface area contributed by atoms with Gasteiger partial charge in [-0.3, -0.25) is 8.42 Å². The van der Waals surface area contributed by atoms with Gasteiger partial charge in [0, 0.05) is 27.5 Å². The summed E-state index contributed by atoms with van der Waals surface area (Å²) in [6, 6.07) is 0. The minimum Gasteiger partial charge on any atom is -0.759 e. The molecule has 0 fully saturated rings. The maximum Gasteiger partial charge on any atom is 1.00 e. The summed E-state index contributed by atoms with van der Waals surface area (Å²) < 4.78 is 34.1. The van der Waals surface area contributed by atoms with Crippen molar-refractivity contribution in [1.29, 1.82) is 0 Å². The van der Waals surface area contributed by atoms with Gasteiger partial charge in [-0.2, -0.15) is 0 Å². The fraction of sp³-hybridized carbons (Fsp3) is 0. The zero-order chi connectivity index (χ0) is 8.08. The molecular formula is CH2FeLiO7S-. The fourth-order valence-corrected chi connectivity index (χ4v) is 0. The van der Waals surface area contributed by atoms with Crippen LogP contribution in [0.1, 0.15) is 0 Å². The number of carbonyl (C=O) groups is 1. The van der Waals surface area contributed by atoms with E-state index in [1.54, 1.807) is 0 Å². The Morgan fingerprint density at radius 2 is 1.18 bits per heavy atom. The molecule has 0 rings (SSSR count). The molecule has 0 radical (unpaired) electrons. The molecule has 0 atom stereocenters. The number of carboxylic acid groups (broad SMARTS) is 2. The summed E-state index contributed by atoms with van der Waals surface area (Å²) in [5, 5.41) is 13.9. The molecule has 0 aromatic rings. The largest absolute Gasteiger partial charge is 1.00 e. The summed E-state index contributed by atoms with van der Waals surface area (Å²) in [6.45, 7) is 0. The molecule has 10 heteroatoms. The molecule has 7 nitrogen and oxygen atoms in total. The van der Waals surface area contributed by atoms with Crippen molar-refractivity contribution >= 4 is 16.6 Å². The first kappa shape index (κ1) is 22.5. The van der Waals surface area contributed by atoms with E-state index in [0.29, 0.717) is 0 Å². The van der Waals surface area contributed by atoms with E-state index in [-0.39, 0.29) is 35.9 Å². The average molecular weight is 221 g/mol. The van der Waals surface area contributed by atoms with Gasteiger partial charge < -0.3 is 19.3 Å². The molecule has 0 saturated carbocycles. The zero-order valence-electron chi connectivity index (χ0n) is 5.20. The summed E-state index contributed by atoms with van der Waals surface area (Å²) in [5.41, 5.74) is 0. The first-order valence-corrected chi connectivity index (χ1v) is 2.65. The van der Waals surface area contributed by atoms with Crippen molar-refractivity contribution in [1.82, 2.24) is 0 Å². The van der Waals surface area contributed by atoms with E-state index in [0.717, 1.165) is 0 Å². The first-order chi connectivity index (χ1) is 3.73. The van der Waals surface area contributed by atoms with Crippen LogP contribution < -0.4 is 18.9 Å². The number of hydrogen-bond donors (Lipinski definition) is 2. The summed E-state index contributed by atoms with van der Waals surface area (Å²) in [6.07, 6.45) is -1.83. The van der Waals surface area contributed by atoms with E-state index in [1.807, 2.05) is 0 Å². The van der Waals surface area contributed by atoms with Crippen LogP contribution in [0.4, 0.5) is 4.79 Å². The van der Waals surface area contributed by atoms with Crippen molar-refractivity contribution in [3.05, 3.63) is 0 Å². The van der Waals surface area contributed by atoms with Gasteiger partial charge in [0.2, 0.25) is 0 Å². The Kier molecular flexibility index (Phi) is 21.0. The summed E-state index contributed by atoms with van der Waals surface area (Å²) >= 11 is 0. The molecule has 0 aliphatic carbocycles. The molecule has 11 heavy (non-hydrogen) atoms. The normalized spacial score (nSPS) is 7.45. The Morgan fingerprint density at radius 3 is 1.18 bits per heavy atom. The molecule has 0 bridgehead atoms. The van der Waals surface area contributed by atoms with Crippen LogP contribution in [0, 0.1) is 0 Å². The van der Waals surface area contributed by atoms with E-state index < -0.39 is 16.6 Å². The second kappa shape index (κ2) is 10.3. The van der Waals surface area contributed by atoms with E-state index in [4.69, 9.17) is 32.5 Å². The van der Waals surface area contributed by atoms with Crippen LogP contribution in [-0.4, -0.2) is 33.9 Å². The minimum absolute atomic E-state index is 0. The Balaban J connectivity index is -0.0000000383. The van der Waals surface area contributed by atoms with E-state index in [2.05, 4.69) is 0 Å². The quantitative estimate of drug-likeness (QED) is 0.240. The van der Waals surface area contributed by atoms with Gasteiger partial charge in [0.25, 0.3) is 0 Å². The summed E-state index contributed by atoms with van der Waals surface area (Å²) in [5.74, 6) is 0. The third-order valence-electron chi connectivity index (χ3n) is 0. The Labute approximate surface area is 85.0 Å². The van der Waals surface area contributed by atoms with Crippen molar-refractivity contribution in [2.45, 2.75) is 0 Å². The van der Waals surface area contributed by atoms with Gasteiger partial charge in [-0.15, -0.1) is 0 Å². The van der Waals surface area contributed by atoms with Crippen LogP contribution in [0.5, 0.6) is 0 Å². The van der Waals surface area contributed by atoms with Crippen LogP contribution in [-0.2, 0) is 27.5 Å². The van der Waals surface area contributed by atoms with Crippen LogP contribution in [0.3, 0.4) is 0 Å². The molecular weight excluding hydrogens is 219 g/mol. The van der Waals surface area contributed by atoms with Gasteiger partial charge in [-0.25, -0.2) is 4.79 Å². The monoisotopic (exact) mass is 221 g/mol. The van der Waals surface area contributed by atoms with Crippen molar-refractivity contribution in [3.63, 3.8) is 0 Å². The molecule has 0 amide bonds. The van der Waals surface area contributed by atoms with Crippen molar-refractivity contribution in [3.8, 4) is 0 Å². The zero-order valence-corrected chi connectivity index (χ0v) is 7.12. The maximum absolute atomic E-state index is 8.56. The fourth-order valence-electron chi connectivity index (χ4n) is 0. The molecule has 64 valence electrons. The van der Waals surface area contributed by atoms with Crippen LogP contribution in [0.2, 0.25) is 0 Å². The van der Waals surface area contributed by atoms with Crippen LogP contribution >= 0.6 is 0 Å². The predicted octanol–water partition coefficient (Wildman–Crippen LogP) is -4.11. The summed E-state index contributed by atoms with van der Waals surface area (Å²) in [4.78, 5) is 8.56. The third-order valence-corrected chi connectivity index (χ3v) is 0. The smallest absolute Gasteiger partial charge is 0.759 e. The molecule has 0 aromatic carbocycles. The minimum atomic E-state index is -5.17. The second-order valence-corrected chi connectivity index (χ2v) is 1.51. The summed E-state index contributed by atoms with van der Waals surface area (Å²) in [7, 11) is -5.17. The Bertz CT molecular complexity index is 161. The third kappa shape index (κ3) is 10600. The molecule has 0 spiro atoms. The topological polar surface area (TPSA) is 138 Å². The van der Waals surface area contributed by atoms with Gasteiger partial charge >= 0.3 is 25.0 Å². The van der Waals surface area contributed by atoms with Gasteiger partial charge in [0.1, 0.15) is 0 Å². The molecule has 0 saturated heterocycles. The van der Waals surface area contributed by atoms with E-state index in [9.17, 15) is 0 Å². The van der Waals surface area contributed by atoms with Gasteiger partial charge in [0.05, 0.1) is 0 Å². The SMILES string of the molecule is O=C(O)O.O=S(=O)([O-])[O-].[Fe].[Li+]. The first-order valence-electron chi connectivity index (χ1n) is 1.32. The number of rotatable bonds is 0. The van der Waals surface area contributed by atoms with Gasteiger partial charge in [-0.05, 0) is 0 Å². The average Bonchev–Trinajstić information content (AvgIpc) is 1.19. The molecule has 0 heterocycles. The Hall–Kier alpha value is 0.257. The Morgan fingerprint density at radius 1 is 1.18 bits per heavy atom. The second-order valence-electron chi connectivity index (χ2n) is 0.691. The predicted molar refractivity (Wildman–Crippen MR) is 21.1 cm³/mol. The maximum atomic E-state index is 8.56. The van der Waals surface area contributed by atoms with E-state index >= 15 is 0 Å². The van der Waals surface area contributed by atoms with E-state index in [1.165, 1.54) is 0 Å². The standard InChI is InChI=1S/CH2O3.Fe.Li.H2O4S/c2-1(3)4;;;1-5(2,3)4/h(H2,2,3,4);;;(H2,1,2,3,4)/q;;+1;/p-2.